The van der Waals surface area contributed by atoms with Gasteiger partial charge in [-0.15, -0.1) is 0 Å². The minimum Gasteiger partial charge on any atom is -0.496 e. The van der Waals surface area contributed by atoms with Gasteiger partial charge in [0.15, 0.2) is 0 Å². The maximum atomic E-state index is 13.1. The predicted octanol–water partition coefficient (Wildman–Crippen LogP) is 1.97. The lowest BCUT2D eigenvalue weighted by Gasteiger charge is -2.21. The highest BCUT2D eigenvalue weighted by Gasteiger charge is 2.42. The molecule has 2 saturated heterocycles. The third-order valence-electron chi connectivity index (χ3n) is 5.12. The molecule has 2 heterocycles. The summed E-state index contributed by atoms with van der Waals surface area (Å²) in [6.45, 7) is 9.05. The van der Waals surface area contributed by atoms with Gasteiger partial charge in [0.1, 0.15) is 5.75 Å². The van der Waals surface area contributed by atoms with Crippen LogP contribution in [0.1, 0.15) is 30.9 Å². The molecule has 0 radical (unpaired) electrons. The fraction of sp³-hybridized carbons (Fsp3) is 0.647. The van der Waals surface area contributed by atoms with Crippen LogP contribution in [0.25, 0.3) is 0 Å². The summed E-state index contributed by atoms with van der Waals surface area (Å²) in [6.07, 6.45) is 0. The molecule has 0 saturated carbocycles. The summed E-state index contributed by atoms with van der Waals surface area (Å²) in [5.74, 6) is 1.88. The lowest BCUT2D eigenvalue weighted by molar-refractivity contribution is 0.406. The number of nitrogens with one attached hydrogen (secondary N) is 1. The molecule has 2 aliphatic heterocycles. The standard InChI is InChI=1S/C17H26N2O3S/c1-11(2)15-6-17(12(3)5-16(15)22-4)23(20,21)19-9-13-7-18-8-14(13)10-19/h5-6,11,13-14,18H,7-10H2,1-4H3/t13-,14+. The van der Waals surface area contributed by atoms with Crippen molar-refractivity contribution in [1.29, 1.82) is 0 Å². The summed E-state index contributed by atoms with van der Waals surface area (Å²) in [4.78, 5) is 0.426. The largest absolute Gasteiger partial charge is 0.496 e. The SMILES string of the molecule is COc1cc(C)c(S(=O)(=O)N2C[C@H]3CNC[C@H]3C2)cc1C(C)C. The molecule has 0 amide bonds. The number of sulfonamides is 1. The molecule has 0 unspecified atom stereocenters. The van der Waals surface area contributed by atoms with Gasteiger partial charge >= 0.3 is 0 Å². The average molecular weight is 338 g/mol. The Morgan fingerprint density at radius 3 is 2.35 bits per heavy atom. The van der Waals surface area contributed by atoms with Crippen LogP contribution >= 0.6 is 0 Å². The zero-order valence-corrected chi connectivity index (χ0v) is 15.1. The Bertz CT molecular complexity index is 688. The van der Waals surface area contributed by atoms with Crippen molar-refractivity contribution in [3.63, 3.8) is 0 Å². The summed E-state index contributed by atoms with van der Waals surface area (Å²) in [6, 6.07) is 3.65. The molecule has 1 aromatic rings. The molecule has 0 aromatic heterocycles. The number of hydrogen-bond donors (Lipinski definition) is 1. The van der Waals surface area contributed by atoms with Crippen molar-refractivity contribution in [3.05, 3.63) is 23.3 Å². The van der Waals surface area contributed by atoms with E-state index in [-0.39, 0.29) is 5.92 Å². The molecule has 5 nitrogen and oxygen atoms in total. The zero-order chi connectivity index (χ0) is 16.8. The van der Waals surface area contributed by atoms with E-state index in [9.17, 15) is 8.42 Å². The van der Waals surface area contributed by atoms with E-state index in [0.29, 0.717) is 29.8 Å². The van der Waals surface area contributed by atoms with E-state index in [4.69, 9.17) is 4.74 Å². The molecule has 0 bridgehead atoms. The molecule has 2 aliphatic rings. The highest BCUT2D eigenvalue weighted by atomic mass is 32.2. The van der Waals surface area contributed by atoms with Crippen LogP contribution in [0.5, 0.6) is 5.75 Å². The molecule has 1 N–H and O–H groups in total. The minimum absolute atomic E-state index is 0.210. The summed E-state index contributed by atoms with van der Waals surface area (Å²) in [5.41, 5.74) is 1.69. The van der Waals surface area contributed by atoms with Crippen LogP contribution in [-0.2, 0) is 10.0 Å². The van der Waals surface area contributed by atoms with Gasteiger partial charge in [0.05, 0.1) is 12.0 Å². The molecule has 6 heteroatoms. The smallest absolute Gasteiger partial charge is 0.243 e. The van der Waals surface area contributed by atoms with E-state index in [2.05, 4.69) is 19.2 Å². The normalized spacial score (nSPS) is 25.1. The van der Waals surface area contributed by atoms with E-state index >= 15 is 0 Å². The van der Waals surface area contributed by atoms with E-state index in [1.165, 1.54) is 0 Å². The lowest BCUT2D eigenvalue weighted by atomic mass is 10.0. The quantitative estimate of drug-likeness (QED) is 0.912. The second-order valence-electron chi connectivity index (χ2n) is 7.01. The Morgan fingerprint density at radius 2 is 1.83 bits per heavy atom. The molecular weight excluding hydrogens is 312 g/mol. The van der Waals surface area contributed by atoms with E-state index in [1.54, 1.807) is 17.5 Å². The van der Waals surface area contributed by atoms with Crippen molar-refractivity contribution in [1.82, 2.24) is 9.62 Å². The first-order chi connectivity index (χ1) is 10.8. The first-order valence-corrected chi connectivity index (χ1v) is 9.68. The zero-order valence-electron chi connectivity index (χ0n) is 14.3. The number of aryl methyl sites for hydroxylation is 1. The maximum Gasteiger partial charge on any atom is 0.243 e. The number of fused-ring (bicyclic) bond motifs is 1. The second-order valence-corrected chi connectivity index (χ2v) is 8.92. The molecular formula is C17H26N2O3S. The number of ether oxygens (including phenoxy) is 1. The van der Waals surface area contributed by atoms with Crippen LogP contribution in [0.2, 0.25) is 0 Å². The molecule has 3 rings (SSSR count). The van der Waals surface area contributed by atoms with E-state index in [1.807, 2.05) is 13.0 Å². The monoisotopic (exact) mass is 338 g/mol. The first-order valence-electron chi connectivity index (χ1n) is 8.24. The van der Waals surface area contributed by atoms with Gasteiger partial charge in [0.25, 0.3) is 0 Å². The molecule has 2 fully saturated rings. The van der Waals surface area contributed by atoms with Crippen LogP contribution in [-0.4, -0.2) is 46.0 Å². The summed E-state index contributed by atoms with van der Waals surface area (Å²) in [5, 5.41) is 3.35. The Morgan fingerprint density at radius 1 is 1.22 bits per heavy atom. The van der Waals surface area contributed by atoms with Crippen molar-refractivity contribution in [2.24, 2.45) is 11.8 Å². The summed E-state index contributed by atoms with van der Waals surface area (Å²) >= 11 is 0. The van der Waals surface area contributed by atoms with Crippen LogP contribution in [0.15, 0.2) is 17.0 Å². The van der Waals surface area contributed by atoms with Crippen LogP contribution < -0.4 is 10.1 Å². The van der Waals surface area contributed by atoms with Crippen molar-refractivity contribution < 1.29 is 13.2 Å². The van der Waals surface area contributed by atoms with Gasteiger partial charge in [-0.2, -0.15) is 4.31 Å². The summed E-state index contributed by atoms with van der Waals surface area (Å²) in [7, 11) is -1.81. The third-order valence-corrected chi connectivity index (χ3v) is 7.10. The number of benzene rings is 1. The Hall–Kier alpha value is -1.11. The average Bonchev–Trinajstić information content (AvgIpc) is 3.07. The van der Waals surface area contributed by atoms with Crippen LogP contribution in [0, 0.1) is 18.8 Å². The molecule has 1 aromatic carbocycles. The van der Waals surface area contributed by atoms with Crippen molar-refractivity contribution in [2.75, 3.05) is 33.3 Å². The van der Waals surface area contributed by atoms with Gasteiger partial charge in [0.2, 0.25) is 10.0 Å². The number of methoxy groups -OCH3 is 1. The summed E-state index contributed by atoms with van der Waals surface area (Å²) < 4.78 is 33.3. The molecule has 0 spiro atoms. The number of hydrogen-bond acceptors (Lipinski definition) is 4. The molecule has 23 heavy (non-hydrogen) atoms. The van der Waals surface area contributed by atoms with Gasteiger partial charge < -0.3 is 10.1 Å². The van der Waals surface area contributed by atoms with Crippen LogP contribution in [0.4, 0.5) is 0 Å². The first kappa shape index (κ1) is 16.7. The predicted molar refractivity (Wildman–Crippen MR) is 90.4 cm³/mol. The van der Waals surface area contributed by atoms with Crippen molar-refractivity contribution in [3.8, 4) is 5.75 Å². The lowest BCUT2D eigenvalue weighted by Crippen LogP contribution is -2.32. The topological polar surface area (TPSA) is 58.6 Å². The minimum atomic E-state index is -3.44. The number of rotatable bonds is 4. The Labute approximate surface area is 139 Å². The van der Waals surface area contributed by atoms with E-state index in [0.717, 1.165) is 30.0 Å². The highest BCUT2D eigenvalue weighted by molar-refractivity contribution is 7.89. The van der Waals surface area contributed by atoms with E-state index < -0.39 is 10.0 Å². The van der Waals surface area contributed by atoms with Crippen LogP contribution in [0.3, 0.4) is 0 Å². The van der Waals surface area contributed by atoms with Gasteiger partial charge in [-0.1, -0.05) is 13.8 Å². The number of nitrogens with zero attached hydrogens (tertiary/aromatic N) is 1. The molecule has 0 aliphatic carbocycles. The Balaban J connectivity index is 1.98. The molecule has 128 valence electrons. The Kier molecular flexibility index (Phi) is 4.42. The van der Waals surface area contributed by atoms with Gasteiger partial charge in [-0.05, 0) is 61.0 Å². The van der Waals surface area contributed by atoms with Gasteiger partial charge in [-0.25, -0.2) is 8.42 Å². The highest BCUT2D eigenvalue weighted by Crippen LogP contribution is 2.35. The van der Waals surface area contributed by atoms with Crippen molar-refractivity contribution in [2.45, 2.75) is 31.6 Å². The van der Waals surface area contributed by atoms with Crippen molar-refractivity contribution >= 4 is 10.0 Å². The third kappa shape index (κ3) is 2.88. The molecule has 2 atom stereocenters. The van der Waals surface area contributed by atoms with Gasteiger partial charge in [0, 0.05) is 13.1 Å². The fourth-order valence-electron chi connectivity index (χ4n) is 3.73. The van der Waals surface area contributed by atoms with Gasteiger partial charge in [-0.3, -0.25) is 0 Å². The maximum absolute atomic E-state index is 13.1. The fourth-order valence-corrected chi connectivity index (χ4v) is 5.53. The second kappa shape index (κ2) is 6.07.